The van der Waals surface area contributed by atoms with Gasteiger partial charge in [0.05, 0.1) is 5.60 Å². The van der Waals surface area contributed by atoms with Gasteiger partial charge in [-0.15, -0.1) is 0 Å². The summed E-state index contributed by atoms with van der Waals surface area (Å²) in [7, 11) is 0. The van der Waals surface area contributed by atoms with Crippen LogP contribution in [-0.4, -0.2) is 16.2 Å². The van der Waals surface area contributed by atoms with Crippen molar-refractivity contribution in [3.8, 4) is 0 Å². The van der Waals surface area contributed by atoms with Gasteiger partial charge in [-0.2, -0.15) is 0 Å². The smallest absolute Gasteiger partial charge is 0.303 e. The molecular weight excluding hydrogens is 218 g/mol. The molecule has 0 fully saturated rings. The van der Waals surface area contributed by atoms with Crippen molar-refractivity contribution in [2.75, 3.05) is 0 Å². The third kappa shape index (κ3) is 4.17. The lowest BCUT2D eigenvalue weighted by Crippen LogP contribution is -2.17. The molecule has 0 saturated carbocycles. The molecule has 0 radical (unpaired) electrons. The topological polar surface area (TPSA) is 83.5 Å². The van der Waals surface area contributed by atoms with Crippen molar-refractivity contribution in [2.45, 2.75) is 38.3 Å². The van der Waals surface area contributed by atoms with Crippen LogP contribution in [-0.2, 0) is 10.4 Å². The Morgan fingerprint density at radius 1 is 1.47 bits per heavy atom. The molecule has 1 aromatic carbocycles. The molecule has 94 valence electrons. The highest BCUT2D eigenvalue weighted by Gasteiger charge is 2.17. The summed E-state index contributed by atoms with van der Waals surface area (Å²) in [5, 5.41) is 18.5. The van der Waals surface area contributed by atoms with E-state index in [0.29, 0.717) is 6.42 Å². The summed E-state index contributed by atoms with van der Waals surface area (Å²) in [4.78, 5) is 10.5. The number of nitrogens with two attached hydrogens (primary N) is 1. The van der Waals surface area contributed by atoms with Gasteiger partial charge < -0.3 is 15.9 Å². The van der Waals surface area contributed by atoms with Gasteiger partial charge in [0.2, 0.25) is 0 Å². The molecule has 4 heteroatoms. The molecule has 1 unspecified atom stereocenters. The Labute approximate surface area is 101 Å². The molecule has 0 saturated heterocycles. The zero-order valence-corrected chi connectivity index (χ0v) is 10.2. The van der Waals surface area contributed by atoms with Crippen LogP contribution in [0.1, 0.15) is 43.9 Å². The van der Waals surface area contributed by atoms with Crippen LogP contribution in [0.2, 0.25) is 0 Å². The zero-order chi connectivity index (χ0) is 13.1. The van der Waals surface area contributed by atoms with Crippen LogP contribution in [0, 0.1) is 0 Å². The molecule has 1 aromatic rings. The molecule has 4 N–H and O–H groups in total. The summed E-state index contributed by atoms with van der Waals surface area (Å²) < 4.78 is 0. The fourth-order valence-electron chi connectivity index (χ4n) is 1.60. The second kappa shape index (κ2) is 5.29. The van der Waals surface area contributed by atoms with Crippen LogP contribution in [0.25, 0.3) is 0 Å². The Morgan fingerprint density at radius 3 is 2.65 bits per heavy atom. The predicted molar refractivity (Wildman–Crippen MR) is 65.5 cm³/mol. The van der Waals surface area contributed by atoms with E-state index in [0.717, 1.165) is 11.1 Å². The number of rotatable bonds is 5. The molecule has 0 amide bonds. The standard InChI is InChI=1S/C13H19NO3/c1-13(2,17)10-5-3-4-9(8-10)11(14)6-7-12(15)16/h3-5,8,11,17H,6-7,14H2,1-2H3,(H,15,16). The highest BCUT2D eigenvalue weighted by atomic mass is 16.4. The Balaban J connectivity index is 2.81. The van der Waals surface area contributed by atoms with E-state index in [1.165, 1.54) is 0 Å². The van der Waals surface area contributed by atoms with Gasteiger partial charge >= 0.3 is 5.97 Å². The van der Waals surface area contributed by atoms with Crippen LogP contribution < -0.4 is 5.73 Å². The lowest BCUT2D eigenvalue weighted by Gasteiger charge is -2.20. The van der Waals surface area contributed by atoms with Crippen molar-refractivity contribution in [1.82, 2.24) is 0 Å². The molecule has 1 atom stereocenters. The van der Waals surface area contributed by atoms with Gasteiger partial charge in [0.25, 0.3) is 0 Å². The fourth-order valence-corrected chi connectivity index (χ4v) is 1.60. The molecule has 1 rings (SSSR count). The summed E-state index contributed by atoms with van der Waals surface area (Å²) in [6, 6.07) is 7.01. The lowest BCUT2D eigenvalue weighted by atomic mass is 9.93. The Bertz CT molecular complexity index is 396. The van der Waals surface area contributed by atoms with Crippen LogP contribution in [0.4, 0.5) is 0 Å². The monoisotopic (exact) mass is 237 g/mol. The van der Waals surface area contributed by atoms with Gasteiger partial charge in [0, 0.05) is 12.5 Å². The molecule has 0 heterocycles. The predicted octanol–water partition coefficient (Wildman–Crippen LogP) is 1.78. The maximum Gasteiger partial charge on any atom is 0.303 e. The number of aliphatic hydroxyl groups is 1. The molecule has 4 nitrogen and oxygen atoms in total. The fraction of sp³-hybridized carbons (Fsp3) is 0.462. The molecule has 0 bridgehead atoms. The quantitative estimate of drug-likeness (QED) is 0.729. The van der Waals surface area contributed by atoms with Gasteiger partial charge in [0.1, 0.15) is 0 Å². The number of hydrogen-bond donors (Lipinski definition) is 3. The van der Waals surface area contributed by atoms with Crippen LogP contribution >= 0.6 is 0 Å². The second-order valence-electron chi connectivity index (χ2n) is 4.72. The molecule has 0 aromatic heterocycles. The van der Waals surface area contributed by atoms with E-state index in [-0.39, 0.29) is 12.5 Å². The van der Waals surface area contributed by atoms with E-state index < -0.39 is 11.6 Å². The molecule has 0 aliphatic carbocycles. The third-order valence-corrected chi connectivity index (χ3v) is 2.69. The minimum atomic E-state index is -0.914. The van der Waals surface area contributed by atoms with E-state index in [9.17, 15) is 9.90 Å². The second-order valence-corrected chi connectivity index (χ2v) is 4.72. The number of aliphatic carboxylic acids is 1. The Kier molecular flexibility index (Phi) is 4.26. The minimum absolute atomic E-state index is 0.0495. The van der Waals surface area contributed by atoms with Crippen molar-refractivity contribution in [1.29, 1.82) is 0 Å². The molecule has 0 aliphatic rings. The van der Waals surface area contributed by atoms with Crippen molar-refractivity contribution < 1.29 is 15.0 Å². The van der Waals surface area contributed by atoms with Crippen molar-refractivity contribution in [3.63, 3.8) is 0 Å². The molecule has 0 spiro atoms. The van der Waals surface area contributed by atoms with Gasteiger partial charge in [-0.25, -0.2) is 0 Å². The minimum Gasteiger partial charge on any atom is -0.481 e. The van der Waals surface area contributed by atoms with E-state index in [2.05, 4.69) is 0 Å². The molecule has 17 heavy (non-hydrogen) atoms. The Morgan fingerprint density at radius 2 is 2.12 bits per heavy atom. The zero-order valence-electron chi connectivity index (χ0n) is 10.2. The van der Waals surface area contributed by atoms with Crippen LogP contribution in [0.3, 0.4) is 0 Å². The SMILES string of the molecule is CC(C)(O)c1cccc(C(N)CCC(=O)O)c1. The average molecular weight is 237 g/mol. The Hall–Kier alpha value is -1.39. The van der Waals surface area contributed by atoms with Gasteiger partial charge in [-0.1, -0.05) is 24.3 Å². The number of carbonyl (C=O) groups is 1. The van der Waals surface area contributed by atoms with Gasteiger partial charge in [-0.05, 0) is 31.4 Å². The first-order valence-corrected chi connectivity index (χ1v) is 5.61. The van der Waals surface area contributed by atoms with Crippen molar-refractivity contribution >= 4 is 5.97 Å². The summed E-state index contributed by atoms with van der Waals surface area (Å²) >= 11 is 0. The summed E-state index contributed by atoms with van der Waals surface area (Å²) in [5.41, 5.74) is 6.63. The highest BCUT2D eigenvalue weighted by Crippen LogP contribution is 2.24. The average Bonchev–Trinajstić information content (AvgIpc) is 2.25. The summed E-state index contributed by atoms with van der Waals surface area (Å²) in [6.45, 7) is 3.41. The van der Waals surface area contributed by atoms with E-state index in [1.807, 2.05) is 24.3 Å². The maximum absolute atomic E-state index is 10.5. The number of carboxylic acid groups (broad SMARTS) is 1. The van der Waals surface area contributed by atoms with Crippen molar-refractivity contribution in [3.05, 3.63) is 35.4 Å². The summed E-state index contributed by atoms with van der Waals surface area (Å²) in [6.07, 6.45) is 0.443. The van der Waals surface area contributed by atoms with Crippen LogP contribution in [0.15, 0.2) is 24.3 Å². The van der Waals surface area contributed by atoms with Gasteiger partial charge in [0.15, 0.2) is 0 Å². The number of benzene rings is 1. The maximum atomic E-state index is 10.5. The van der Waals surface area contributed by atoms with E-state index in [1.54, 1.807) is 13.8 Å². The highest BCUT2D eigenvalue weighted by molar-refractivity contribution is 5.66. The lowest BCUT2D eigenvalue weighted by molar-refractivity contribution is -0.137. The first kappa shape index (κ1) is 13.7. The first-order chi connectivity index (χ1) is 7.80. The van der Waals surface area contributed by atoms with E-state index >= 15 is 0 Å². The molecule has 0 aliphatic heterocycles. The van der Waals surface area contributed by atoms with E-state index in [4.69, 9.17) is 10.8 Å². The summed E-state index contributed by atoms with van der Waals surface area (Å²) in [5.74, 6) is -0.848. The number of hydrogen-bond acceptors (Lipinski definition) is 3. The van der Waals surface area contributed by atoms with Gasteiger partial charge in [-0.3, -0.25) is 4.79 Å². The number of carboxylic acids is 1. The third-order valence-electron chi connectivity index (χ3n) is 2.69. The van der Waals surface area contributed by atoms with Crippen molar-refractivity contribution in [2.24, 2.45) is 5.73 Å². The molecular formula is C13H19NO3. The largest absolute Gasteiger partial charge is 0.481 e. The first-order valence-electron chi connectivity index (χ1n) is 5.61. The van der Waals surface area contributed by atoms with Crippen LogP contribution in [0.5, 0.6) is 0 Å². The normalized spacial score (nSPS) is 13.4.